The van der Waals surface area contributed by atoms with Crippen LogP contribution in [-0.2, 0) is 9.53 Å². The number of unbranched alkanes of at least 4 members (excludes halogenated alkanes) is 45. The third-order valence-corrected chi connectivity index (χ3v) is 13.3. The average molecular weight is 844 g/mol. The van der Waals surface area contributed by atoms with E-state index in [9.17, 15) is 4.79 Å². The summed E-state index contributed by atoms with van der Waals surface area (Å²) in [7, 11) is 0. The fourth-order valence-corrected chi connectivity index (χ4v) is 9.09. The lowest BCUT2D eigenvalue weighted by molar-refractivity contribution is -0.143. The van der Waals surface area contributed by atoms with Gasteiger partial charge in [0.1, 0.15) is 0 Å². The Morgan fingerprint density at radius 2 is 0.583 bits per heavy atom. The average Bonchev–Trinajstić information content (AvgIpc) is 3.24. The smallest absolute Gasteiger partial charge is 0.305 e. The largest absolute Gasteiger partial charge is 0.466 e. The van der Waals surface area contributed by atoms with Crippen molar-refractivity contribution in [2.24, 2.45) is 5.92 Å². The topological polar surface area (TPSA) is 26.3 Å². The zero-order valence-electron chi connectivity index (χ0n) is 42.1. The molecule has 0 bridgehead atoms. The van der Waals surface area contributed by atoms with Gasteiger partial charge in [-0.25, -0.2) is 0 Å². The molecule has 0 aliphatic rings. The van der Waals surface area contributed by atoms with Crippen LogP contribution in [0.2, 0.25) is 0 Å². The molecule has 2 heteroatoms. The molecule has 2 nitrogen and oxygen atoms in total. The Labute approximate surface area is 380 Å². The third kappa shape index (κ3) is 55.2. The van der Waals surface area contributed by atoms with E-state index >= 15 is 0 Å². The van der Waals surface area contributed by atoms with Crippen LogP contribution in [0.1, 0.15) is 342 Å². The number of hydrogen-bond donors (Lipinski definition) is 0. The van der Waals surface area contributed by atoms with Crippen molar-refractivity contribution < 1.29 is 9.53 Å². The molecule has 0 unspecified atom stereocenters. The van der Waals surface area contributed by atoms with E-state index in [1.165, 1.54) is 302 Å². The first-order valence-corrected chi connectivity index (χ1v) is 28.5. The summed E-state index contributed by atoms with van der Waals surface area (Å²) >= 11 is 0. The minimum atomic E-state index is 0.0294. The number of rotatable bonds is 53. The summed E-state index contributed by atoms with van der Waals surface area (Å²) < 4.78 is 5.50. The maximum Gasteiger partial charge on any atom is 0.305 e. The lowest BCUT2D eigenvalue weighted by Gasteiger charge is -2.06. The quantitative estimate of drug-likeness (QED) is 0.0346. The van der Waals surface area contributed by atoms with Crippen LogP contribution in [-0.4, -0.2) is 12.6 Å². The summed E-state index contributed by atoms with van der Waals surface area (Å²) in [6.45, 7) is 7.62. The zero-order valence-corrected chi connectivity index (χ0v) is 42.1. The molecule has 0 saturated carbocycles. The molecular formula is C58H114O2. The Kier molecular flexibility index (Phi) is 53.6. The summed E-state index contributed by atoms with van der Waals surface area (Å²) in [4.78, 5) is 12.1. The van der Waals surface area contributed by atoms with Crippen molar-refractivity contribution in [3.63, 3.8) is 0 Å². The van der Waals surface area contributed by atoms with Gasteiger partial charge in [-0.2, -0.15) is 0 Å². The second kappa shape index (κ2) is 54.3. The number of ether oxygens (including phenoxy) is 1. The van der Waals surface area contributed by atoms with Crippen LogP contribution < -0.4 is 0 Å². The van der Waals surface area contributed by atoms with Gasteiger partial charge in [0.25, 0.3) is 0 Å². The molecule has 0 aromatic carbocycles. The van der Waals surface area contributed by atoms with Gasteiger partial charge in [0.2, 0.25) is 0 Å². The number of carbonyl (C=O) groups is 1. The first-order valence-electron chi connectivity index (χ1n) is 28.5. The number of hydrogen-bond acceptors (Lipinski definition) is 2. The molecular weight excluding hydrogens is 729 g/mol. The Bertz CT molecular complexity index is 801. The highest BCUT2D eigenvalue weighted by atomic mass is 16.5. The van der Waals surface area contributed by atoms with E-state index in [-0.39, 0.29) is 5.97 Å². The van der Waals surface area contributed by atoms with Crippen molar-refractivity contribution in [1.82, 2.24) is 0 Å². The SMILES string of the molecule is CCCCCCCCC=CCCCCCCCCCCCC(=O)OCCCCCCCCCCCCCCCCCCCCCCCCCCCCCCCCCC(C)C. The molecule has 358 valence electrons. The standard InChI is InChI=1S/C58H114O2/c1-4-5-6-7-8-9-10-11-12-13-27-31-34-37-40-43-46-49-52-55-58(59)60-56-53-50-47-44-41-38-35-32-29-26-24-22-20-18-16-14-15-17-19-21-23-25-28-30-33-36-39-42-45-48-51-54-57(2)3/h11-12,57H,4-10,13-56H2,1-3H3. The monoisotopic (exact) mass is 843 g/mol. The highest BCUT2D eigenvalue weighted by Crippen LogP contribution is 2.18. The molecule has 0 N–H and O–H groups in total. The Balaban J connectivity index is 3.15. The summed E-state index contributed by atoms with van der Waals surface area (Å²) in [5.41, 5.74) is 0. The van der Waals surface area contributed by atoms with E-state index < -0.39 is 0 Å². The molecule has 60 heavy (non-hydrogen) atoms. The Morgan fingerprint density at radius 3 is 0.883 bits per heavy atom. The lowest BCUT2D eigenvalue weighted by atomic mass is 10.0. The first kappa shape index (κ1) is 59.2. The van der Waals surface area contributed by atoms with Gasteiger partial charge in [0.15, 0.2) is 0 Å². The van der Waals surface area contributed by atoms with E-state index in [1.807, 2.05) is 0 Å². The maximum absolute atomic E-state index is 12.1. The van der Waals surface area contributed by atoms with Gasteiger partial charge in [-0.3, -0.25) is 4.79 Å². The zero-order chi connectivity index (χ0) is 43.3. The van der Waals surface area contributed by atoms with Crippen molar-refractivity contribution in [2.45, 2.75) is 342 Å². The predicted molar refractivity (Wildman–Crippen MR) is 271 cm³/mol. The van der Waals surface area contributed by atoms with Crippen molar-refractivity contribution in [3.05, 3.63) is 12.2 Å². The van der Waals surface area contributed by atoms with Crippen LogP contribution >= 0.6 is 0 Å². The number of esters is 1. The molecule has 0 amide bonds. The molecule has 0 radical (unpaired) electrons. The van der Waals surface area contributed by atoms with Gasteiger partial charge in [0, 0.05) is 6.42 Å². The molecule has 0 saturated heterocycles. The first-order chi connectivity index (χ1) is 29.7. The van der Waals surface area contributed by atoms with Gasteiger partial charge in [-0.05, 0) is 44.4 Å². The van der Waals surface area contributed by atoms with E-state index in [0.717, 1.165) is 18.8 Å². The molecule has 0 aromatic rings. The Morgan fingerprint density at radius 1 is 0.333 bits per heavy atom. The van der Waals surface area contributed by atoms with Gasteiger partial charge >= 0.3 is 5.97 Å². The molecule has 0 heterocycles. The van der Waals surface area contributed by atoms with E-state index in [1.54, 1.807) is 0 Å². The molecule has 0 aliphatic heterocycles. The second-order valence-electron chi connectivity index (χ2n) is 20.1. The van der Waals surface area contributed by atoms with Gasteiger partial charge in [-0.15, -0.1) is 0 Å². The number of carbonyl (C=O) groups excluding carboxylic acids is 1. The minimum Gasteiger partial charge on any atom is -0.466 e. The van der Waals surface area contributed by atoms with Crippen LogP contribution in [0.25, 0.3) is 0 Å². The normalized spacial score (nSPS) is 11.8. The van der Waals surface area contributed by atoms with Gasteiger partial charge in [0.05, 0.1) is 6.61 Å². The molecule has 0 spiro atoms. The van der Waals surface area contributed by atoms with Crippen molar-refractivity contribution in [3.8, 4) is 0 Å². The highest BCUT2D eigenvalue weighted by Gasteiger charge is 2.03. The molecule has 0 rings (SSSR count). The van der Waals surface area contributed by atoms with Gasteiger partial charge in [-0.1, -0.05) is 309 Å². The van der Waals surface area contributed by atoms with E-state index in [0.29, 0.717) is 13.0 Å². The maximum atomic E-state index is 12.1. The minimum absolute atomic E-state index is 0.0294. The highest BCUT2D eigenvalue weighted by molar-refractivity contribution is 5.69. The summed E-state index contributed by atoms with van der Waals surface area (Å²) in [6.07, 6.45) is 73.9. The van der Waals surface area contributed by atoms with Crippen LogP contribution in [0.15, 0.2) is 12.2 Å². The predicted octanol–water partition coefficient (Wildman–Crippen LogP) is 21.3. The summed E-state index contributed by atoms with van der Waals surface area (Å²) in [6, 6.07) is 0. The second-order valence-corrected chi connectivity index (χ2v) is 20.1. The van der Waals surface area contributed by atoms with Gasteiger partial charge < -0.3 is 4.74 Å². The fourth-order valence-electron chi connectivity index (χ4n) is 9.09. The summed E-state index contributed by atoms with van der Waals surface area (Å²) in [5.74, 6) is 0.918. The fraction of sp³-hybridized carbons (Fsp3) is 0.948. The van der Waals surface area contributed by atoms with E-state index in [2.05, 4.69) is 32.9 Å². The van der Waals surface area contributed by atoms with Crippen LogP contribution in [0, 0.1) is 5.92 Å². The third-order valence-electron chi connectivity index (χ3n) is 13.3. The molecule has 0 aliphatic carbocycles. The van der Waals surface area contributed by atoms with Crippen molar-refractivity contribution in [2.75, 3.05) is 6.61 Å². The van der Waals surface area contributed by atoms with Crippen LogP contribution in [0.3, 0.4) is 0 Å². The van der Waals surface area contributed by atoms with E-state index in [4.69, 9.17) is 4.74 Å². The molecule has 0 fully saturated rings. The van der Waals surface area contributed by atoms with Crippen molar-refractivity contribution in [1.29, 1.82) is 0 Å². The molecule has 0 atom stereocenters. The van der Waals surface area contributed by atoms with Crippen molar-refractivity contribution >= 4 is 5.97 Å². The number of allylic oxidation sites excluding steroid dienone is 2. The lowest BCUT2D eigenvalue weighted by Crippen LogP contribution is -2.05. The molecule has 0 aromatic heterocycles. The van der Waals surface area contributed by atoms with Crippen LogP contribution in [0.5, 0.6) is 0 Å². The summed E-state index contributed by atoms with van der Waals surface area (Å²) in [5, 5.41) is 0. The Hall–Kier alpha value is -0.790. The van der Waals surface area contributed by atoms with Crippen LogP contribution in [0.4, 0.5) is 0 Å².